The number of anilines is 2. The van der Waals surface area contributed by atoms with Crippen molar-refractivity contribution in [2.75, 3.05) is 36.1 Å². The van der Waals surface area contributed by atoms with Crippen LogP contribution in [-0.4, -0.2) is 52.8 Å². The molecule has 2 N–H and O–H groups in total. The highest BCUT2D eigenvalue weighted by Crippen LogP contribution is 2.25. The molecule has 0 aliphatic heterocycles. The summed E-state index contributed by atoms with van der Waals surface area (Å²) in [6, 6.07) is 11.7. The fourth-order valence-electron chi connectivity index (χ4n) is 3.02. The maximum absolute atomic E-state index is 13.1. The van der Waals surface area contributed by atoms with Gasteiger partial charge in [-0.25, -0.2) is 8.42 Å². The van der Waals surface area contributed by atoms with Crippen LogP contribution in [-0.2, 0) is 19.6 Å². The quantitative estimate of drug-likeness (QED) is 0.523. The van der Waals surface area contributed by atoms with Gasteiger partial charge in [0.2, 0.25) is 15.9 Å². The lowest BCUT2D eigenvalue weighted by molar-refractivity contribution is -0.117. The van der Waals surface area contributed by atoms with E-state index < -0.39 is 22.0 Å². The van der Waals surface area contributed by atoms with E-state index in [1.54, 1.807) is 43.3 Å². The Bertz CT molecular complexity index is 1010. The molecule has 8 nitrogen and oxygen atoms in total. The summed E-state index contributed by atoms with van der Waals surface area (Å²) < 4.78 is 31.0. The molecular formula is C21H26ClN3O5S. The summed E-state index contributed by atoms with van der Waals surface area (Å²) in [7, 11) is -2.26. The van der Waals surface area contributed by atoms with E-state index in [0.717, 1.165) is 10.6 Å². The summed E-state index contributed by atoms with van der Waals surface area (Å²) in [5.41, 5.74) is 0.865. The van der Waals surface area contributed by atoms with Crippen molar-refractivity contribution in [2.45, 2.75) is 19.4 Å². The molecule has 2 aromatic carbocycles. The fraction of sp³-hybridized carbons (Fsp3) is 0.333. The van der Waals surface area contributed by atoms with Gasteiger partial charge in [0.1, 0.15) is 6.04 Å². The second kappa shape index (κ2) is 11.1. The van der Waals surface area contributed by atoms with E-state index in [4.69, 9.17) is 16.3 Å². The van der Waals surface area contributed by atoms with Gasteiger partial charge >= 0.3 is 0 Å². The minimum absolute atomic E-state index is 0.212. The van der Waals surface area contributed by atoms with Crippen molar-refractivity contribution in [1.82, 2.24) is 5.32 Å². The minimum atomic E-state index is -3.78. The first kappa shape index (κ1) is 24.6. The van der Waals surface area contributed by atoms with Crippen LogP contribution in [0.15, 0.2) is 48.5 Å². The van der Waals surface area contributed by atoms with Gasteiger partial charge in [0.15, 0.2) is 0 Å². The van der Waals surface area contributed by atoms with Gasteiger partial charge in [0.25, 0.3) is 5.91 Å². The minimum Gasteiger partial charge on any atom is -0.383 e. The lowest BCUT2D eigenvalue weighted by Gasteiger charge is -2.30. The van der Waals surface area contributed by atoms with E-state index in [1.807, 2.05) is 0 Å². The third kappa shape index (κ3) is 6.68. The molecule has 0 bridgehead atoms. The van der Waals surface area contributed by atoms with E-state index in [9.17, 15) is 18.0 Å². The SMILES string of the molecule is CC[C@H](C(=O)Nc1ccccc1C(=O)NCCOC)N(c1ccc(Cl)cc1)S(C)(=O)=O. The van der Waals surface area contributed by atoms with E-state index in [-0.39, 0.29) is 23.6 Å². The molecule has 2 rings (SSSR count). The van der Waals surface area contributed by atoms with Gasteiger partial charge in [-0.2, -0.15) is 0 Å². The lowest BCUT2D eigenvalue weighted by atomic mass is 10.1. The first-order valence-electron chi connectivity index (χ1n) is 9.61. The molecule has 0 unspecified atom stereocenters. The number of sulfonamides is 1. The number of hydrogen-bond acceptors (Lipinski definition) is 5. The molecule has 0 spiro atoms. The zero-order valence-corrected chi connectivity index (χ0v) is 19.2. The molecular weight excluding hydrogens is 442 g/mol. The van der Waals surface area contributed by atoms with Crippen molar-refractivity contribution in [3.05, 3.63) is 59.1 Å². The highest BCUT2D eigenvalue weighted by atomic mass is 35.5. The van der Waals surface area contributed by atoms with E-state index in [0.29, 0.717) is 23.9 Å². The molecule has 0 aliphatic rings. The van der Waals surface area contributed by atoms with Crippen LogP contribution in [0.3, 0.4) is 0 Å². The molecule has 0 fully saturated rings. The monoisotopic (exact) mass is 467 g/mol. The van der Waals surface area contributed by atoms with Crippen molar-refractivity contribution in [3.63, 3.8) is 0 Å². The Balaban J connectivity index is 2.32. The van der Waals surface area contributed by atoms with E-state index in [2.05, 4.69) is 10.6 Å². The van der Waals surface area contributed by atoms with Gasteiger partial charge in [-0.05, 0) is 42.8 Å². The van der Waals surface area contributed by atoms with Gasteiger partial charge < -0.3 is 15.4 Å². The molecule has 1 atom stereocenters. The molecule has 2 amide bonds. The summed E-state index contributed by atoms with van der Waals surface area (Å²) in [5.74, 6) is -0.932. The predicted octanol–water partition coefficient (Wildman–Crippen LogP) is 2.90. The Morgan fingerprint density at radius 2 is 1.77 bits per heavy atom. The number of hydrogen-bond donors (Lipinski definition) is 2. The maximum Gasteiger partial charge on any atom is 0.253 e. The molecule has 0 saturated heterocycles. The Kier molecular flexibility index (Phi) is 8.85. The number of amides is 2. The number of halogens is 1. The van der Waals surface area contributed by atoms with Crippen molar-refractivity contribution >= 4 is 44.8 Å². The van der Waals surface area contributed by atoms with Crippen LogP contribution in [0.25, 0.3) is 0 Å². The van der Waals surface area contributed by atoms with Crippen molar-refractivity contribution in [2.24, 2.45) is 0 Å². The first-order chi connectivity index (χ1) is 14.7. The average molecular weight is 468 g/mol. The molecule has 31 heavy (non-hydrogen) atoms. The third-order valence-electron chi connectivity index (χ3n) is 4.43. The maximum atomic E-state index is 13.1. The number of benzene rings is 2. The molecule has 10 heteroatoms. The van der Waals surface area contributed by atoms with Crippen LogP contribution < -0.4 is 14.9 Å². The van der Waals surface area contributed by atoms with E-state index in [1.165, 1.54) is 19.2 Å². The number of para-hydroxylation sites is 1. The third-order valence-corrected chi connectivity index (χ3v) is 5.86. The second-order valence-electron chi connectivity index (χ2n) is 6.74. The lowest BCUT2D eigenvalue weighted by Crippen LogP contribution is -2.47. The first-order valence-corrected chi connectivity index (χ1v) is 11.8. The topological polar surface area (TPSA) is 105 Å². The Hall–Kier alpha value is -2.62. The standard InChI is InChI=1S/C21H26ClN3O5S/c1-4-19(25(31(3,28)29)16-11-9-15(22)10-12-16)21(27)24-18-8-6-5-7-17(18)20(26)23-13-14-30-2/h5-12,19H,4,13-14H2,1-3H3,(H,23,26)(H,24,27)/t19-/m1/s1. The molecule has 2 aromatic rings. The Labute approximate surface area is 187 Å². The summed E-state index contributed by atoms with van der Waals surface area (Å²) >= 11 is 5.91. The second-order valence-corrected chi connectivity index (χ2v) is 9.04. The Morgan fingerprint density at radius 1 is 1.13 bits per heavy atom. The largest absolute Gasteiger partial charge is 0.383 e. The summed E-state index contributed by atoms with van der Waals surface area (Å²) in [5, 5.41) is 5.85. The number of methoxy groups -OCH3 is 1. The summed E-state index contributed by atoms with van der Waals surface area (Å²) in [6.07, 6.45) is 1.25. The van der Waals surface area contributed by atoms with Crippen LogP contribution in [0.4, 0.5) is 11.4 Å². The predicted molar refractivity (Wildman–Crippen MR) is 122 cm³/mol. The van der Waals surface area contributed by atoms with Gasteiger partial charge in [-0.3, -0.25) is 13.9 Å². The van der Waals surface area contributed by atoms with Crippen LogP contribution >= 0.6 is 11.6 Å². The Morgan fingerprint density at radius 3 is 2.35 bits per heavy atom. The van der Waals surface area contributed by atoms with Crippen LogP contribution in [0, 0.1) is 0 Å². The molecule has 0 heterocycles. The van der Waals surface area contributed by atoms with E-state index >= 15 is 0 Å². The molecule has 0 saturated carbocycles. The van der Waals surface area contributed by atoms with Gasteiger partial charge in [-0.15, -0.1) is 0 Å². The fourth-order valence-corrected chi connectivity index (χ4v) is 4.35. The molecule has 0 radical (unpaired) electrons. The van der Waals surface area contributed by atoms with Crippen LogP contribution in [0.5, 0.6) is 0 Å². The number of nitrogens with zero attached hydrogens (tertiary/aromatic N) is 1. The highest BCUT2D eigenvalue weighted by molar-refractivity contribution is 7.92. The molecule has 0 aromatic heterocycles. The zero-order chi connectivity index (χ0) is 23.0. The van der Waals surface area contributed by atoms with Gasteiger partial charge in [0, 0.05) is 18.7 Å². The molecule has 168 valence electrons. The average Bonchev–Trinajstić information content (AvgIpc) is 2.72. The summed E-state index contributed by atoms with van der Waals surface area (Å²) in [4.78, 5) is 25.6. The van der Waals surface area contributed by atoms with Crippen molar-refractivity contribution < 1.29 is 22.7 Å². The highest BCUT2D eigenvalue weighted by Gasteiger charge is 2.32. The summed E-state index contributed by atoms with van der Waals surface area (Å²) in [6.45, 7) is 2.37. The number of rotatable bonds is 10. The van der Waals surface area contributed by atoms with Gasteiger partial charge in [0.05, 0.1) is 29.8 Å². The number of carbonyl (C=O) groups excluding carboxylic acids is 2. The van der Waals surface area contributed by atoms with Crippen molar-refractivity contribution in [1.29, 1.82) is 0 Å². The number of ether oxygens (including phenoxy) is 1. The van der Waals surface area contributed by atoms with Crippen molar-refractivity contribution in [3.8, 4) is 0 Å². The number of carbonyl (C=O) groups is 2. The number of nitrogens with one attached hydrogen (secondary N) is 2. The van der Waals surface area contributed by atoms with Crippen LogP contribution in [0.1, 0.15) is 23.7 Å². The van der Waals surface area contributed by atoms with Gasteiger partial charge in [-0.1, -0.05) is 30.7 Å². The smallest absolute Gasteiger partial charge is 0.253 e. The normalized spacial score (nSPS) is 12.1. The van der Waals surface area contributed by atoms with Crippen LogP contribution in [0.2, 0.25) is 5.02 Å². The zero-order valence-electron chi connectivity index (χ0n) is 17.6. The molecule has 0 aliphatic carbocycles.